The fraction of sp³-hybridized carbons (Fsp3) is 0.500. The second-order valence-electron chi connectivity index (χ2n) is 1.05. The number of allylic oxidation sites excluding steroid dienone is 2. The molecule has 1 aliphatic carbocycles. The highest BCUT2D eigenvalue weighted by Crippen LogP contribution is 2.01. The van der Waals surface area contributed by atoms with Crippen molar-refractivity contribution in [1.29, 1.82) is 0 Å². The van der Waals surface area contributed by atoms with Crippen molar-refractivity contribution in [3.05, 3.63) is 12.2 Å². The Morgan fingerprint density at radius 1 is 0.833 bits per heavy atom. The minimum absolute atomic E-state index is 0. The normalized spacial score (nSPS) is 13.3. The van der Waals surface area contributed by atoms with Crippen LogP contribution in [-0.2, 0) is 0 Å². The van der Waals surface area contributed by atoms with Gasteiger partial charge in [-0.25, -0.2) is 0 Å². The van der Waals surface area contributed by atoms with Gasteiger partial charge in [0, 0.05) is 0 Å². The summed E-state index contributed by atoms with van der Waals surface area (Å²) in [6.07, 6.45) is 7.00. The molecule has 1 rings (SSSR count). The van der Waals surface area contributed by atoms with Gasteiger partial charge in [0.15, 0.2) is 0 Å². The highest BCUT2D eigenvalue weighted by Gasteiger charge is 1.81. The maximum atomic E-state index is 2.18. The van der Waals surface area contributed by atoms with Crippen molar-refractivity contribution in [2.24, 2.45) is 0 Å². The average molecular weight is 216 g/mol. The molecule has 0 bridgehead atoms. The number of hydrogen-bond donors (Lipinski definition) is 0. The van der Waals surface area contributed by atoms with Gasteiger partial charge in [0.2, 0.25) is 0 Å². The molecule has 6 heavy (non-hydrogen) atoms. The van der Waals surface area contributed by atoms with Gasteiger partial charge in [0.25, 0.3) is 0 Å². The maximum absolute atomic E-state index is 2.18. The summed E-state index contributed by atoms with van der Waals surface area (Å²) >= 11 is 0. The zero-order valence-corrected chi connectivity index (χ0v) is 6.81. The van der Waals surface area contributed by atoms with Crippen molar-refractivity contribution in [1.82, 2.24) is 0 Å². The van der Waals surface area contributed by atoms with Crippen LogP contribution in [-0.4, -0.2) is 0 Å². The van der Waals surface area contributed by atoms with E-state index in [1.165, 1.54) is 12.8 Å². The highest BCUT2D eigenvalue weighted by molar-refractivity contribution is 8.93. The average Bonchev–Trinajstić information content (AvgIpc) is 0.722. The van der Waals surface area contributed by atoms with Crippen molar-refractivity contribution in [2.75, 3.05) is 0 Å². The largest absolute Gasteiger partial charge is 0.114 e. The van der Waals surface area contributed by atoms with Gasteiger partial charge < -0.3 is 0 Å². The van der Waals surface area contributed by atoms with E-state index in [1.807, 2.05) is 0 Å². The predicted octanol–water partition coefficient (Wildman–Crippen LogP) is 2.49. The third kappa shape index (κ3) is 2.91. The lowest BCUT2D eigenvalue weighted by Crippen LogP contribution is -1.71. The monoisotopic (exact) mass is 214 g/mol. The van der Waals surface area contributed by atoms with Crippen molar-refractivity contribution < 1.29 is 0 Å². The van der Waals surface area contributed by atoms with E-state index in [-0.39, 0.29) is 34.0 Å². The van der Waals surface area contributed by atoms with Crippen molar-refractivity contribution in [3.63, 3.8) is 0 Å². The first-order valence-corrected chi connectivity index (χ1v) is 1.65. The zero-order chi connectivity index (χ0) is 2.83. The number of halogens is 2. The molecule has 0 spiro atoms. The molecular weight excluding hydrogens is 208 g/mol. The molecule has 0 aliphatic heterocycles. The first-order valence-electron chi connectivity index (χ1n) is 1.65. The molecule has 0 atom stereocenters. The summed E-state index contributed by atoms with van der Waals surface area (Å²) in [7, 11) is 0. The molecule has 0 aromatic heterocycles. The molecule has 0 nitrogen and oxygen atoms in total. The van der Waals surface area contributed by atoms with E-state index >= 15 is 0 Å². The van der Waals surface area contributed by atoms with Gasteiger partial charge >= 0.3 is 0 Å². The molecule has 0 aromatic rings. The summed E-state index contributed by atoms with van der Waals surface area (Å²) in [6, 6.07) is 0. The summed E-state index contributed by atoms with van der Waals surface area (Å²) < 4.78 is 0. The van der Waals surface area contributed by atoms with Crippen LogP contribution >= 0.6 is 34.0 Å². The summed E-state index contributed by atoms with van der Waals surface area (Å²) in [5.41, 5.74) is 0. The molecule has 0 saturated carbocycles. The molecule has 0 radical (unpaired) electrons. The Hall–Kier alpha value is 0.700. The van der Waals surface area contributed by atoms with Gasteiger partial charge in [-0.3, -0.25) is 0 Å². The molecule has 0 fully saturated rings. The van der Waals surface area contributed by atoms with Crippen LogP contribution in [0.5, 0.6) is 0 Å². The molecule has 38 valence electrons. The van der Waals surface area contributed by atoms with E-state index in [9.17, 15) is 0 Å². The maximum Gasteiger partial charge on any atom is -0.0316 e. The van der Waals surface area contributed by atoms with Gasteiger partial charge in [0.1, 0.15) is 0 Å². The van der Waals surface area contributed by atoms with Crippen LogP contribution in [0.4, 0.5) is 0 Å². The SMILES string of the molecule is Br.Br.C1=CCC1. The van der Waals surface area contributed by atoms with Crippen molar-refractivity contribution >= 4 is 34.0 Å². The molecule has 0 heterocycles. The Bertz CT molecular complexity index is 34.8. The second-order valence-corrected chi connectivity index (χ2v) is 1.05. The topological polar surface area (TPSA) is 0 Å². The van der Waals surface area contributed by atoms with Gasteiger partial charge in [0.05, 0.1) is 0 Å². The lowest BCUT2D eigenvalue weighted by Gasteiger charge is -1.92. The van der Waals surface area contributed by atoms with Crippen LogP contribution < -0.4 is 0 Å². The Kier molecular flexibility index (Phi) is 9.36. The molecule has 1 aliphatic rings. The number of rotatable bonds is 0. The van der Waals surface area contributed by atoms with Crippen LogP contribution in [0.25, 0.3) is 0 Å². The molecule has 0 saturated heterocycles. The van der Waals surface area contributed by atoms with E-state index in [0.29, 0.717) is 0 Å². The van der Waals surface area contributed by atoms with Crippen LogP contribution in [0.15, 0.2) is 12.2 Å². The fourth-order valence-electron chi connectivity index (χ4n) is 0.167. The molecular formula is C4H8Br2. The van der Waals surface area contributed by atoms with Crippen LogP contribution in [0.1, 0.15) is 12.8 Å². The van der Waals surface area contributed by atoms with E-state index < -0.39 is 0 Å². The minimum atomic E-state index is 0. The van der Waals surface area contributed by atoms with Gasteiger partial charge in [-0.2, -0.15) is 0 Å². The summed E-state index contributed by atoms with van der Waals surface area (Å²) in [6.45, 7) is 0. The fourth-order valence-corrected chi connectivity index (χ4v) is 0.167. The third-order valence-electron chi connectivity index (χ3n) is 0.667. The summed E-state index contributed by atoms with van der Waals surface area (Å²) in [5.74, 6) is 0. The Balaban J connectivity index is 0. The summed E-state index contributed by atoms with van der Waals surface area (Å²) in [4.78, 5) is 0. The van der Waals surface area contributed by atoms with Crippen LogP contribution in [0, 0.1) is 0 Å². The quantitative estimate of drug-likeness (QED) is 0.545. The summed E-state index contributed by atoms with van der Waals surface area (Å²) in [5, 5.41) is 0. The zero-order valence-electron chi connectivity index (χ0n) is 3.39. The minimum Gasteiger partial charge on any atom is -0.114 e. The first kappa shape index (κ1) is 9.85. The second kappa shape index (κ2) is 5.70. The smallest absolute Gasteiger partial charge is 0.0316 e. The molecule has 0 aromatic carbocycles. The van der Waals surface area contributed by atoms with Gasteiger partial charge in [-0.15, -0.1) is 34.0 Å². The highest BCUT2D eigenvalue weighted by atomic mass is 79.9. The first-order chi connectivity index (χ1) is 2.00. The lowest BCUT2D eigenvalue weighted by molar-refractivity contribution is 0.962. The number of hydrogen-bond acceptors (Lipinski definition) is 0. The van der Waals surface area contributed by atoms with Crippen molar-refractivity contribution in [3.8, 4) is 0 Å². The Labute approximate surface area is 59.2 Å². The predicted molar refractivity (Wildman–Crippen MR) is 39.0 cm³/mol. The van der Waals surface area contributed by atoms with Gasteiger partial charge in [-0.1, -0.05) is 12.2 Å². The molecule has 0 amide bonds. The molecule has 0 N–H and O–H groups in total. The van der Waals surface area contributed by atoms with Crippen LogP contribution in [0.3, 0.4) is 0 Å². The van der Waals surface area contributed by atoms with Gasteiger partial charge in [-0.05, 0) is 12.8 Å². The van der Waals surface area contributed by atoms with E-state index in [2.05, 4.69) is 12.2 Å². The van der Waals surface area contributed by atoms with E-state index in [4.69, 9.17) is 0 Å². The lowest BCUT2D eigenvalue weighted by atomic mass is 10.1. The molecule has 2 heteroatoms. The van der Waals surface area contributed by atoms with Crippen LogP contribution in [0.2, 0.25) is 0 Å². The molecule has 0 unspecified atom stereocenters. The van der Waals surface area contributed by atoms with Crippen molar-refractivity contribution in [2.45, 2.75) is 12.8 Å². The Morgan fingerprint density at radius 3 is 1.00 bits per heavy atom. The standard InChI is InChI=1S/C4H6.2BrH/c1-2-4-3-1;;/h1-2H,3-4H2;2*1H. The third-order valence-corrected chi connectivity index (χ3v) is 0.667. The Morgan fingerprint density at radius 2 is 1.00 bits per heavy atom. The van der Waals surface area contributed by atoms with E-state index in [0.717, 1.165) is 0 Å². The van der Waals surface area contributed by atoms with E-state index in [1.54, 1.807) is 0 Å².